The predicted octanol–water partition coefficient (Wildman–Crippen LogP) is 5.95. The molecule has 122 valence electrons. The Kier molecular flexibility index (Phi) is 5.19. The zero-order valence-corrected chi connectivity index (χ0v) is 15.0. The lowest BCUT2D eigenvalue weighted by atomic mass is 10.1. The van der Waals surface area contributed by atoms with Crippen molar-refractivity contribution in [2.45, 2.75) is 0 Å². The molecule has 0 saturated heterocycles. The Morgan fingerprint density at radius 3 is 2.62 bits per heavy atom. The topological polar surface area (TPSA) is 38.3 Å². The minimum Gasteiger partial charge on any atom is -0.457 e. The lowest BCUT2D eigenvalue weighted by Gasteiger charge is -2.10. The molecule has 3 nitrogen and oxygen atoms in total. The van der Waals surface area contributed by atoms with Crippen molar-refractivity contribution < 1.29 is 9.53 Å². The highest BCUT2D eigenvalue weighted by atomic mass is 35.5. The fourth-order valence-corrected chi connectivity index (χ4v) is 2.89. The van der Waals surface area contributed by atoms with Crippen LogP contribution in [0.15, 0.2) is 54.6 Å². The highest BCUT2D eigenvalue weighted by Gasteiger charge is 2.09. The Balaban J connectivity index is 1.96. The minimum atomic E-state index is -0.125. The number of fused-ring (bicyclic) bond motifs is 1. The van der Waals surface area contributed by atoms with E-state index < -0.39 is 0 Å². The molecule has 0 atom stereocenters. The lowest BCUT2D eigenvalue weighted by Crippen LogP contribution is -2.14. The van der Waals surface area contributed by atoms with Crippen molar-refractivity contribution in [2.24, 2.45) is 0 Å². The molecule has 3 aromatic rings. The van der Waals surface area contributed by atoms with E-state index in [2.05, 4.69) is 4.72 Å². The normalized spacial score (nSPS) is 10.6. The Hall–Kier alpha value is -1.88. The predicted molar refractivity (Wildman–Crippen MR) is 101 cm³/mol. The van der Waals surface area contributed by atoms with E-state index >= 15 is 0 Å². The van der Waals surface area contributed by atoms with Gasteiger partial charge in [0.05, 0.1) is 10.0 Å². The van der Waals surface area contributed by atoms with E-state index in [9.17, 15) is 4.79 Å². The van der Waals surface area contributed by atoms with Crippen molar-refractivity contribution >= 4 is 51.8 Å². The first-order chi connectivity index (χ1) is 11.6. The summed E-state index contributed by atoms with van der Waals surface area (Å²) in [6.07, 6.45) is 1.81. The third-order valence-corrected chi connectivity index (χ3v) is 4.54. The molecule has 0 aromatic heterocycles. The first-order valence-electron chi connectivity index (χ1n) is 7.07. The van der Waals surface area contributed by atoms with Crippen LogP contribution in [0.2, 0.25) is 10.0 Å². The van der Waals surface area contributed by atoms with Gasteiger partial charge in [-0.15, -0.1) is 0 Å². The molecule has 0 aliphatic heterocycles. The molecule has 24 heavy (non-hydrogen) atoms. The van der Waals surface area contributed by atoms with Crippen LogP contribution >= 0.6 is 35.1 Å². The highest BCUT2D eigenvalue weighted by Crippen LogP contribution is 2.33. The molecule has 0 unspecified atom stereocenters. The maximum Gasteiger partial charge on any atom is 0.261 e. The number of rotatable bonds is 4. The van der Waals surface area contributed by atoms with Crippen LogP contribution in [-0.4, -0.2) is 12.2 Å². The van der Waals surface area contributed by atoms with Gasteiger partial charge in [-0.3, -0.25) is 9.52 Å². The Labute approximate surface area is 154 Å². The number of nitrogens with one attached hydrogen (secondary N) is 1. The zero-order chi connectivity index (χ0) is 17.1. The maximum atomic E-state index is 11.9. The van der Waals surface area contributed by atoms with Gasteiger partial charge in [0.1, 0.15) is 11.5 Å². The van der Waals surface area contributed by atoms with Crippen LogP contribution in [0.3, 0.4) is 0 Å². The number of hydrogen-bond acceptors (Lipinski definition) is 3. The van der Waals surface area contributed by atoms with Crippen LogP contribution in [0, 0.1) is 0 Å². The first-order valence-corrected chi connectivity index (χ1v) is 9.05. The average Bonchev–Trinajstić information content (AvgIpc) is 2.58. The molecule has 0 aliphatic rings. The summed E-state index contributed by atoms with van der Waals surface area (Å²) in [7, 11) is 0. The molecule has 0 radical (unpaired) electrons. The van der Waals surface area contributed by atoms with Crippen molar-refractivity contribution in [1.82, 2.24) is 4.72 Å². The van der Waals surface area contributed by atoms with Crippen LogP contribution in [0.25, 0.3) is 10.8 Å². The SMILES string of the molecule is CSNC(=O)c1ccc2c(Oc3ccc(Cl)c(Cl)c3)cccc2c1. The van der Waals surface area contributed by atoms with Gasteiger partial charge in [0.15, 0.2) is 0 Å². The van der Waals surface area contributed by atoms with E-state index in [4.69, 9.17) is 27.9 Å². The van der Waals surface area contributed by atoms with Crippen molar-refractivity contribution in [3.05, 3.63) is 70.2 Å². The summed E-state index contributed by atoms with van der Waals surface area (Å²) in [5.41, 5.74) is 0.600. The van der Waals surface area contributed by atoms with E-state index in [-0.39, 0.29) is 5.91 Å². The fourth-order valence-electron chi connectivity index (χ4n) is 2.30. The van der Waals surface area contributed by atoms with Gasteiger partial charge in [-0.05, 0) is 41.8 Å². The summed E-state index contributed by atoms with van der Waals surface area (Å²) in [6.45, 7) is 0. The molecular formula is C18H13Cl2NO2S. The number of carbonyl (C=O) groups is 1. The lowest BCUT2D eigenvalue weighted by molar-refractivity contribution is 0.0984. The van der Waals surface area contributed by atoms with Gasteiger partial charge >= 0.3 is 0 Å². The number of carbonyl (C=O) groups excluding carboxylic acids is 1. The molecule has 1 amide bonds. The minimum absolute atomic E-state index is 0.125. The van der Waals surface area contributed by atoms with Crippen LogP contribution in [0.1, 0.15) is 10.4 Å². The number of ether oxygens (including phenoxy) is 1. The summed E-state index contributed by atoms with van der Waals surface area (Å²) in [5.74, 6) is 1.16. The summed E-state index contributed by atoms with van der Waals surface area (Å²) >= 11 is 13.2. The Morgan fingerprint density at radius 2 is 1.88 bits per heavy atom. The molecule has 3 aromatic carbocycles. The molecule has 0 spiro atoms. The second kappa shape index (κ2) is 7.34. The standard InChI is InChI=1S/C18H13Cl2NO2S/c1-24-21-18(22)12-5-7-14-11(9-12)3-2-4-17(14)23-13-6-8-15(19)16(20)10-13/h2-10H,1H3,(H,21,22). The monoisotopic (exact) mass is 377 g/mol. The van der Waals surface area contributed by atoms with E-state index in [1.807, 2.05) is 36.6 Å². The Bertz CT molecular complexity index is 915. The van der Waals surface area contributed by atoms with Gasteiger partial charge in [-0.2, -0.15) is 0 Å². The van der Waals surface area contributed by atoms with Gasteiger partial charge in [-0.1, -0.05) is 47.3 Å². The summed E-state index contributed by atoms with van der Waals surface area (Å²) in [6, 6.07) is 16.3. The largest absolute Gasteiger partial charge is 0.457 e. The molecule has 6 heteroatoms. The quantitative estimate of drug-likeness (QED) is 0.571. The molecule has 0 bridgehead atoms. The molecule has 1 N–H and O–H groups in total. The third kappa shape index (κ3) is 3.61. The second-order valence-corrected chi connectivity index (χ2v) is 6.43. The van der Waals surface area contributed by atoms with Crippen molar-refractivity contribution in [3.8, 4) is 11.5 Å². The zero-order valence-electron chi connectivity index (χ0n) is 12.7. The molecule has 0 aliphatic carbocycles. The van der Waals surface area contributed by atoms with E-state index in [1.54, 1.807) is 24.3 Å². The van der Waals surface area contributed by atoms with Crippen LogP contribution in [0.4, 0.5) is 0 Å². The number of benzene rings is 3. The van der Waals surface area contributed by atoms with Gasteiger partial charge in [-0.25, -0.2) is 0 Å². The van der Waals surface area contributed by atoms with Gasteiger partial charge in [0, 0.05) is 23.3 Å². The third-order valence-electron chi connectivity index (χ3n) is 3.42. The van der Waals surface area contributed by atoms with Gasteiger partial charge < -0.3 is 4.74 Å². The second-order valence-electron chi connectivity index (χ2n) is 5.01. The number of amides is 1. The summed E-state index contributed by atoms with van der Waals surface area (Å²) in [5, 5.41) is 2.74. The molecular weight excluding hydrogens is 365 g/mol. The smallest absolute Gasteiger partial charge is 0.261 e. The molecule has 3 rings (SSSR count). The van der Waals surface area contributed by atoms with Crippen LogP contribution < -0.4 is 9.46 Å². The maximum absolute atomic E-state index is 11.9. The van der Waals surface area contributed by atoms with E-state index in [1.165, 1.54) is 11.9 Å². The molecule has 0 fully saturated rings. The van der Waals surface area contributed by atoms with Crippen molar-refractivity contribution in [2.75, 3.05) is 6.26 Å². The van der Waals surface area contributed by atoms with E-state index in [0.717, 1.165) is 10.8 Å². The van der Waals surface area contributed by atoms with Crippen molar-refractivity contribution in [3.63, 3.8) is 0 Å². The molecule has 0 heterocycles. The number of halogens is 2. The fraction of sp³-hybridized carbons (Fsp3) is 0.0556. The summed E-state index contributed by atoms with van der Waals surface area (Å²) in [4.78, 5) is 11.9. The van der Waals surface area contributed by atoms with Gasteiger partial charge in [0.2, 0.25) is 0 Å². The van der Waals surface area contributed by atoms with Crippen LogP contribution in [-0.2, 0) is 0 Å². The number of hydrogen-bond donors (Lipinski definition) is 1. The van der Waals surface area contributed by atoms with Gasteiger partial charge in [0.25, 0.3) is 5.91 Å². The Morgan fingerprint density at radius 1 is 1.04 bits per heavy atom. The molecule has 0 saturated carbocycles. The van der Waals surface area contributed by atoms with E-state index in [0.29, 0.717) is 27.1 Å². The summed E-state index contributed by atoms with van der Waals surface area (Å²) < 4.78 is 8.64. The van der Waals surface area contributed by atoms with Crippen molar-refractivity contribution in [1.29, 1.82) is 0 Å². The first kappa shape index (κ1) is 17.0. The highest BCUT2D eigenvalue weighted by molar-refractivity contribution is 7.97. The average molecular weight is 378 g/mol. The van der Waals surface area contributed by atoms with Crippen LogP contribution in [0.5, 0.6) is 11.5 Å².